The topological polar surface area (TPSA) is 62.3 Å². The van der Waals surface area contributed by atoms with Crippen LogP contribution in [0.5, 0.6) is 0 Å². The Kier molecular flexibility index (Phi) is 4.36. The molecular formula is C21H21N3O2. The molecule has 0 radical (unpaired) electrons. The largest absolute Gasteiger partial charge is 0.423 e. The van der Waals surface area contributed by atoms with Crippen molar-refractivity contribution in [2.75, 3.05) is 18.0 Å². The molecule has 132 valence electrons. The van der Waals surface area contributed by atoms with Gasteiger partial charge in [-0.2, -0.15) is 5.26 Å². The Bertz CT molecular complexity index is 958. The highest BCUT2D eigenvalue weighted by Gasteiger charge is 2.28. The van der Waals surface area contributed by atoms with Gasteiger partial charge in [-0.3, -0.25) is 0 Å². The number of nitriles is 1. The van der Waals surface area contributed by atoms with E-state index in [4.69, 9.17) is 9.15 Å². The smallest absolute Gasteiger partial charge is 0.234 e. The van der Waals surface area contributed by atoms with E-state index in [1.807, 2.05) is 32.0 Å². The van der Waals surface area contributed by atoms with Crippen LogP contribution in [0.3, 0.4) is 0 Å². The summed E-state index contributed by atoms with van der Waals surface area (Å²) in [6.45, 7) is 5.45. The van der Waals surface area contributed by atoms with Crippen molar-refractivity contribution in [2.45, 2.75) is 32.5 Å². The van der Waals surface area contributed by atoms with E-state index in [-0.39, 0.29) is 12.2 Å². The molecule has 5 nitrogen and oxygen atoms in total. The number of anilines is 1. The molecule has 0 aliphatic carbocycles. The normalized spacial score (nSPS) is 20.3. The Balaban J connectivity index is 1.66. The van der Waals surface area contributed by atoms with Crippen molar-refractivity contribution in [3.8, 4) is 6.07 Å². The standard InChI is InChI=1S/C21H21N3O2/c1-14-12-24(13-15(2)25-14)21-19(11-22)23-20(26-21)10-17-8-5-7-16-6-3-4-9-18(16)17/h3-9,14-15H,10,12-13H2,1-2H3/t14-,15-/m0/s1. The van der Waals surface area contributed by atoms with Crippen molar-refractivity contribution in [1.82, 2.24) is 4.98 Å². The maximum Gasteiger partial charge on any atom is 0.234 e. The summed E-state index contributed by atoms with van der Waals surface area (Å²) in [5.74, 6) is 1.13. The lowest BCUT2D eigenvalue weighted by atomic mass is 10.0. The van der Waals surface area contributed by atoms with Crippen LogP contribution in [-0.2, 0) is 11.2 Å². The van der Waals surface area contributed by atoms with Crippen molar-refractivity contribution in [2.24, 2.45) is 0 Å². The number of nitrogens with zero attached hydrogens (tertiary/aromatic N) is 3. The fourth-order valence-corrected chi connectivity index (χ4v) is 3.67. The number of fused-ring (bicyclic) bond motifs is 1. The number of ether oxygens (including phenoxy) is 1. The summed E-state index contributed by atoms with van der Waals surface area (Å²) in [7, 11) is 0. The third-order valence-electron chi connectivity index (χ3n) is 4.69. The zero-order valence-electron chi connectivity index (χ0n) is 15.0. The molecule has 5 heteroatoms. The first-order valence-electron chi connectivity index (χ1n) is 8.91. The van der Waals surface area contributed by atoms with Gasteiger partial charge in [0.25, 0.3) is 0 Å². The van der Waals surface area contributed by atoms with Crippen LogP contribution in [0, 0.1) is 11.3 Å². The minimum atomic E-state index is 0.0944. The van der Waals surface area contributed by atoms with Crippen LogP contribution < -0.4 is 4.90 Å². The Hall–Kier alpha value is -2.84. The number of benzene rings is 2. The summed E-state index contributed by atoms with van der Waals surface area (Å²) < 4.78 is 11.8. The highest BCUT2D eigenvalue weighted by molar-refractivity contribution is 5.85. The first kappa shape index (κ1) is 16.6. The van der Waals surface area contributed by atoms with Crippen LogP contribution in [0.4, 0.5) is 5.88 Å². The molecule has 1 aromatic heterocycles. The lowest BCUT2D eigenvalue weighted by molar-refractivity contribution is -0.00646. The lowest BCUT2D eigenvalue weighted by Crippen LogP contribution is -2.45. The van der Waals surface area contributed by atoms with Gasteiger partial charge in [0, 0.05) is 13.1 Å². The first-order chi connectivity index (χ1) is 12.6. The molecule has 0 amide bonds. The highest BCUT2D eigenvalue weighted by Crippen LogP contribution is 2.28. The monoisotopic (exact) mass is 347 g/mol. The van der Waals surface area contributed by atoms with Crippen molar-refractivity contribution in [1.29, 1.82) is 5.26 Å². The molecule has 3 aromatic rings. The second kappa shape index (κ2) is 6.81. The second-order valence-corrected chi connectivity index (χ2v) is 6.85. The minimum Gasteiger partial charge on any atom is -0.423 e. The average molecular weight is 347 g/mol. The minimum absolute atomic E-state index is 0.0944. The first-order valence-corrected chi connectivity index (χ1v) is 8.91. The number of hydrogen-bond acceptors (Lipinski definition) is 5. The maximum atomic E-state index is 9.50. The van der Waals surface area contributed by atoms with E-state index in [0.29, 0.717) is 37.0 Å². The number of hydrogen-bond donors (Lipinski definition) is 0. The summed E-state index contributed by atoms with van der Waals surface area (Å²) >= 11 is 0. The van der Waals surface area contributed by atoms with E-state index >= 15 is 0 Å². The summed E-state index contributed by atoms with van der Waals surface area (Å²) in [4.78, 5) is 6.51. The molecule has 26 heavy (non-hydrogen) atoms. The van der Waals surface area contributed by atoms with E-state index in [0.717, 1.165) is 5.56 Å². The molecule has 1 aliphatic heterocycles. The molecule has 2 atom stereocenters. The molecule has 2 heterocycles. The Morgan fingerprint density at radius 1 is 1.12 bits per heavy atom. The van der Waals surface area contributed by atoms with Gasteiger partial charge >= 0.3 is 0 Å². The van der Waals surface area contributed by atoms with Gasteiger partial charge in [-0.15, -0.1) is 0 Å². The maximum absolute atomic E-state index is 9.50. The quantitative estimate of drug-likeness (QED) is 0.719. The zero-order valence-corrected chi connectivity index (χ0v) is 15.0. The average Bonchev–Trinajstić information content (AvgIpc) is 3.04. The number of morpholine rings is 1. The number of oxazole rings is 1. The number of aromatic nitrogens is 1. The molecule has 1 fully saturated rings. The summed E-state index contributed by atoms with van der Waals surface area (Å²) in [6, 6.07) is 16.7. The fraction of sp³-hybridized carbons (Fsp3) is 0.333. The van der Waals surface area contributed by atoms with Gasteiger partial charge in [0.1, 0.15) is 6.07 Å². The second-order valence-electron chi connectivity index (χ2n) is 6.85. The van der Waals surface area contributed by atoms with E-state index in [2.05, 4.69) is 40.2 Å². The molecule has 0 unspecified atom stereocenters. The van der Waals surface area contributed by atoms with Crippen molar-refractivity contribution in [3.63, 3.8) is 0 Å². The summed E-state index contributed by atoms with van der Waals surface area (Å²) in [6.07, 6.45) is 0.750. The highest BCUT2D eigenvalue weighted by atomic mass is 16.5. The van der Waals surface area contributed by atoms with Gasteiger partial charge in [0.2, 0.25) is 17.5 Å². The predicted octanol–water partition coefficient (Wildman–Crippen LogP) is 3.90. The van der Waals surface area contributed by atoms with E-state index < -0.39 is 0 Å². The van der Waals surface area contributed by atoms with Crippen LogP contribution in [-0.4, -0.2) is 30.3 Å². The van der Waals surface area contributed by atoms with E-state index in [9.17, 15) is 5.26 Å². The van der Waals surface area contributed by atoms with E-state index in [1.165, 1.54) is 10.8 Å². The zero-order chi connectivity index (χ0) is 18.1. The van der Waals surface area contributed by atoms with Crippen molar-refractivity contribution >= 4 is 16.7 Å². The van der Waals surface area contributed by atoms with E-state index in [1.54, 1.807) is 0 Å². The van der Waals surface area contributed by atoms with Gasteiger partial charge in [0.15, 0.2) is 0 Å². The SMILES string of the molecule is C[C@H]1CN(c2oc(Cc3cccc4ccccc34)nc2C#N)C[C@H](C)O1. The van der Waals surface area contributed by atoms with Crippen LogP contribution in [0.25, 0.3) is 10.8 Å². The molecule has 4 rings (SSSR count). The van der Waals surface area contributed by atoms with Gasteiger partial charge < -0.3 is 14.1 Å². The van der Waals surface area contributed by atoms with Crippen molar-refractivity contribution in [3.05, 3.63) is 59.6 Å². The predicted molar refractivity (Wildman–Crippen MR) is 100 cm³/mol. The Morgan fingerprint density at radius 3 is 2.62 bits per heavy atom. The summed E-state index contributed by atoms with van der Waals surface area (Å²) in [5.41, 5.74) is 1.49. The summed E-state index contributed by atoms with van der Waals surface area (Å²) in [5, 5.41) is 11.9. The molecule has 0 spiro atoms. The van der Waals surface area contributed by atoms with Gasteiger partial charge in [-0.05, 0) is 30.2 Å². The van der Waals surface area contributed by atoms with Gasteiger partial charge in [0.05, 0.1) is 18.6 Å². The van der Waals surface area contributed by atoms with Crippen LogP contribution >= 0.6 is 0 Å². The molecule has 0 N–H and O–H groups in total. The van der Waals surface area contributed by atoms with Crippen LogP contribution in [0.1, 0.15) is 31.0 Å². The molecule has 1 saturated heterocycles. The molecule has 0 saturated carbocycles. The number of rotatable bonds is 3. The Morgan fingerprint density at radius 2 is 1.85 bits per heavy atom. The van der Waals surface area contributed by atoms with Crippen LogP contribution in [0.15, 0.2) is 46.9 Å². The Labute approximate surface area is 152 Å². The third-order valence-corrected chi connectivity index (χ3v) is 4.69. The molecular weight excluding hydrogens is 326 g/mol. The fourth-order valence-electron chi connectivity index (χ4n) is 3.67. The molecule has 1 aliphatic rings. The lowest BCUT2D eigenvalue weighted by Gasteiger charge is -2.34. The van der Waals surface area contributed by atoms with Crippen LogP contribution in [0.2, 0.25) is 0 Å². The van der Waals surface area contributed by atoms with Crippen molar-refractivity contribution < 1.29 is 9.15 Å². The third kappa shape index (κ3) is 3.16. The molecule has 0 bridgehead atoms. The molecule has 2 aromatic carbocycles. The van der Waals surface area contributed by atoms with Gasteiger partial charge in [-0.1, -0.05) is 42.5 Å². The van der Waals surface area contributed by atoms with Gasteiger partial charge in [-0.25, -0.2) is 4.98 Å².